The molecule has 1 unspecified atom stereocenters. The van der Waals surface area contributed by atoms with Crippen molar-refractivity contribution < 1.29 is 36.4 Å². The second-order valence-electron chi connectivity index (χ2n) is 7.23. The predicted molar refractivity (Wildman–Crippen MR) is 124 cm³/mol. The first-order valence-electron chi connectivity index (χ1n) is 10.3. The van der Waals surface area contributed by atoms with Crippen molar-refractivity contribution in [2.24, 2.45) is 0 Å². The summed E-state index contributed by atoms with van der Waals surface area (Å²) in [6.07, 6.45) is 13.5. The number of nitrogens with zero attached hydrogens (tertiary/aromatic N) is 2. The summed E-state index contributed by atoms with van der Waals surface area (Å²) in [6.45, 7) is 10.4. The van der Waals surface area contributed by atoms with Gasteiger partial charge in [0.25, 0.3) is 0 Å². The first-order valence-corrected chi connectivity index (χ1v) is 10.6. The Hall–Kier alpha value is -1.39. The molecule has 1 atom stereocenters. The second-order valence-corrected chi connectivity index (χ2v) is 8.04. The van der Waals surface area contributed by atoms with Crippen LogP contribution >= 0.6 is 11.6 Å². The Bertz CT molecular complexity index is 773. The van der Waals surface area contributed by atoms with Crippen molar-refractivity contribution in [1.29, 1.82) is 0 Å². The SMILES string of the molecule is CC1=CC(C)(Cl)C=C1.CCCc1cccnc1[CH-]O.CCCc1cccnc1[CH-]O.[Zr+2]. The zero-order chi connectivity index (χ0) is 22.4. The summed E-state index contributed by atoms with van der Waals surface area (Å²) >= 11 is 5.90. The first kappa shape index (κ1) is 29.6. The molecule has 0 amide bonds. The van der Waals surface area contributed by atoms with Crippen molar-refractivity contribution in [3.8, 4) is 0 Å². The van der Waals surface area contributed by atoms with E-state index in [1.165, 1.54) is 5.57 Å². The molecule has 0 fully saturated rings. The molecule has 0 saturated heterocycles. The molecular weight excluding hydrogens is 487 g/mol. The van der Waals surface area contributed by atoms with Crippen LogP contribution in [-0.2, 0) is 39.0 Å². The van der Waals surface area contributed by atoms with Gasteiger partial charge >= 0.3 is 26.2 Å². The predicted octanol–water partition coefficient (Wildman–Crippen LogP) is 6.33. The van der Waals surface area contributed by atoms with Gasteiger partial charge in [-0.3, -0.25) is 9.97 Å². The van der Waals surface area contributed by atoms with Crippen LogP contribution < -0.4 is 0 Å². The Morgan fingerprint density at radius 3 is 1.65 bits per heavy atom. The summed E-state index contributed by atoms with van der Waals surface area (Å²) in [5.41, 5.74) is 4.85. The molecule has 0 saturated carbocycles. The molecular formula is C25H33ClN2O2Zr. The number of aliphatic hydroxyl groups excluding tert-OH is 2. The minimum atomic E-state index is -0.204. The molecule has 0 bridgehead atoms. The van der Waals surface area contributed by atoms with Gasteiger partial charge in [-0.15, -0.1) is 23.7 Å². The summed E-state index contributed by atoms with van der Waals surface area (Å²) in [6, 6.07) is 7.74. The zero-order valence-corrected chi connectivity index (χ0v) is 22.1. The van der Waals surface area contributed by atoms with Crippen molar-refractivity contribution in [1.82, 2.24) is 9.97 Å². The number of aromatic nitrogens is 2. The molecule has 0 radical (unpaired) electrons. The van der Waals surface area contributed by atoms with Crippen molar-refractivity contribution in [3.05, 3.63) is 96.2 Å². The van der Waals surface area contributed by atoms with Crippen molar-refractivity contribution >= 4 is 11.6 Å². The van der Waals surface area contributed by atoms with Crippen LogP contribution in [0.5, 0.6) is 0 Å². The van der Waals surface area contributed by atoms with Gasteiger partial charge in [-0.2, -0.15) is 11.1 Å². The monoisotopic (exact) mass is 518 g/mol. The van der Waals surface area contributed by atoms with Crippen molar-refractivity contribution in [3.63, 3.8) is 0 Å². The molecule has 2 heterocycles. The van der Waals surface area contributed by atoms with E-state index >= 15 is 0 Å². The van der Waals surface area contributed by atoms with Gasteiger partial charge in [0.1, 0.15) is 0 Å². The zero-order valence-electron chi connectivity index (χ0n) is 18.8. The number of halogens is 1. The molecule has 4 nitrogen and oxygen atoms in total. The molecule has 2 aromatic rings. The normalized spacial score (nSPS) is 16.0. The maximum Gasteiger partial charge on any atom is 2.00 e. The molecule has 31 heavy (non-hydrogen) atoms. The Balaban J connectivity index is 0.000000434. The number of rotatable bonds is 6. The molecule has 2 aromatic heterocycles. The number of aryl methyl sites for hydroxylation is 2. The van der Waals surface area contributed by atoms with E-state index in [-0.39, 0.29) is 31.1 Å². The standard InChI is InChI=1S/2C9H12NO.C7H9Cl.Zr/c2*1-2-4-8-5-3-6-10-9(8)7-11;1-6-3-4-7(2,8)5-6;/h2*3,5-7,11H,2,4H2,1H3;3-5H,1-2H3;/q2*-1;;+2. The fourth-order valence-corrected chi connectivity index (χ4v) is 3.17. The van der Waals surface area contributed by atoms with E-state index in [1.807, 2.05) is 56.3 Å². The maximum absolute atomic E-state index is 8.76. The summed E-state index contributed by atoms with van der Waals surface area (Å²) < 4.78 is 0. The third-order valence-corrected chi connectivity index (χ3v) is 4.55. The quantitative estimate of drug-likeness (QED) is 0.345. The van der Waals surface area contributed by atoms with Crippen LogP contribution in [0.1, 0.15) is 63.1 Å². The van der Waals surface area contributed by atoms with Gasteiger partial charge in [-0.05, 0) is 13.8 Å². The van der Waals surface area contributed by atoms with E-state index in [0.717, 1.165) is 50.0 Å². The van der Waals surface area contributed by atoms with Gasteiger partial charge in [-0.1, -0.05) is 100 Å². The fraction of sp³-hybridized carbons (Fsp3) is 0.360. The number of aliphatic hydroxyl groups is 2. The molecule has 166 valence electrons. The smallest absolute Gasteiger partial charge is 0.456 e. The van der Waals surface area contributed by atoms with E-state index in [2.05, 4.69) is 23.8 Å². The number of pyridine rings is 2. The Morgan fingerprint density at radius 2 is 1.39 bits per heavy atom. The number of alkyl halides is 1. The fourth-order valence-electron chi connectivity index (χ4n) is 2.93. The Kier molecular flexibility index (Phi) is 15.5. The summed E-state index contributed by atoms with van der Waals surface area (Å²) in [5, 5.41) is 17.5. The molecule has 3 rings (SSSR count). The van der Waals surface area contributed by atoms with E-state index < -0.39 is 0 Å². The topological polar surface area (TPSA) is 66.2 Å². The van der Waals surface area contributed by atoms with Gasteiger partial charge in [0, 0.05) is 12.4 Å². The van der Waals surface area contributed by atoms with Crippen LogP contribution in [-0.4, -0.2) is 25.1 Å². The first-order chi connectivity index (χ1) is 14.4. The van der Waals surface area contributed by atoms with Crippen LogP contribution in [0.15, 0.2) is 60.5 Å². The maximum atomic E-state index is 8.76. The van der Waals surface area contributed by atoms with Gasteiger partial charge < -0.3 is 10.2 Å². The molecule has 1 aliphatic rings. The van der Waals surface area contributed by atoms with E-state index in [0.29, 0.717) is 11.4 Å². The molecule has 6 heteroatoms. The van der Waals surface area contributed by atoms with Crippen LogP contribution in [0.2, 0.25) is 0 Å². The average molecular weight is 520 g/mol. The molecule has 0 spiro atoms. The van der Waals surface area contributed by atoms with Crippen LogP contribution in [0.3, 0.4) is 0 Å². The molecule has 1 aliphatic carbocycles. The largest absolute Gasteiger partial charge is 2.00 e. The molecule has 0 aromatic carbocycles. The van der Waals surface area contributed by atoms with Crippen LogP contribution in [0.4, 0.5) is 0 Å². The number of hydrogen-bond acceptors (Lipinski definition) is 4. The van der Waals surface area contributed by atoms with Crippen molar-refractivity contribution in [2.45, 2.75) is 58.3 Å². The number of hydrogen-bond donors (Lipinski definition) is 2. The third-order valence-electron chi connectivity index (χ3n) is 4.32. The van der Waals surface area contributed by atoms with Crippen LogP contribution in [0, 0.1) is 13.2 Å². The van der Waals surface area contributed by atoms with Gasteiger partial charge in [0.15, 0.2) is 0 Å². The minimum Gasteiger partial charge on any atom is -0.456 e. The van der Waals surface area contributed by atoms with E-state index in [9.17, 15) is 0 Å². The summed E-state index contributed by atoms with van der Waals surface area (Å²) in [7, 11) is 0. The van der Waals surface area contributed by atoms with Gasteiger partial charge in [-0.25, -0.2) is 0 Å². The summed E-state index contributed by atoms with van der Waals surface area (Å²) in [5.74, 6) is 0. The molecule has 0 aliphatic heterocycles. The van der Waals surface area contributed by atoms with Gasteiger partial charge in [0.05, 0.1) is 4.87 Å². The Labute approximate surface area is 211 Å². The Morgan fingerprint density at radius 1 is 0.935 bits per heavy atom. The van der Waals surface area contributed by atoms with Gasteiger partial charge in [0.2, 0.25) is 0 Å². The summed E-state index contributed by atoms with van der Waals surface area (Å²) in [4.78, 5) is 7.82. The van der Waals surface area contributed by atoms with E-state index in [4.69, 9.17) is 21.8 Å². The molecule has 2 N–H and O–H groups in total. The van der Waals surface area contributed by atoms with E-state index in [1.54, 1.807) is 12.4 Å². The number of allylic oxidation sites excluding steroid dienone is 4. The third kappa shape index (κ3) is 11.7. The second kappa shape index (κ2) is 16.3. The van der Waals surface area contributed by atoms with Crippen LogP contribution in [0.25, 0.3) is 0 Å². The minimum absolute atomic E-state index is 0. The van der Waals surface area contributed by atoms with Crippen molar-refractivity contribution in [2.75, 3.05) is 0 Å². The average Bonchev–Trinajstić information content (AvgIpc) is 3.06.